The fraction of sp³-hybridized carbons (Fsp3) is 0.276. The molecule has 0 bridgehead atoms. The summed E-state index contributed by atoms with van der Waals surface area (Å²) in [7, 11) is -1.52. The van der Waals surface area contributed by atoms with Gasteiger partial charge in [-0.05, 0) is 44.2 Å². The Hall–Kier alpha value is -4.45. The highest BCUT2D eigenvalue weighted by Gasteiger charge is 2.38. The minimum atomic E-state index is -3.11. The largest absolute Gasteiger partial charge is 0.496 e. The number of nitrogens with zero attached hydrogens (tertiary/aromatic N) is 7. The Morgan fingerprint density at radius 3 is 2.61 bits per heavy atom. The summed E-state index contributed by atoms with van der Waals surface area (Å²) in [6, 6.07) is 10.6. The van der Waals surface area contributed by atoms with Crippen molar-refractivity contribution in [3.8, 4) is 34.1 Å². The van der Waals surface area contributed by atoms with Gasteiger partial charge >= 0.3 is 0 Å². The number of hydrogen-bond donors (Lipinski definition) is 0. The van der Waals surface area contributed by atoms with E-state index in [0.717, 1.165) is 27.8 Å². The van der Waals surface area contributed by atoms with Gasteiger partial charge in [0.15, 0.2) is 5.82 Å². The third-order valence-corrected chi connectivity index (χ3v) is 8.57. The minimum absolute atomic E-state index is 0.00327. The van der Waals surface area contributed by atoms with Crippen molar-refractivity contribution in [3.63, 3.8) is 0 Å². The molecule has 12 heteroatoms. The molecule has 6 rings (SSSR count). The first-order chi connectivity index (χ1) is 19.6. The third kappa shape index (κ3) is 4.99. The molecule has 1 aliphatic heterocycles. The first-order valence-electron chi connectivity index (χ1n) is 13.0. The quantitative estimate of drug-likeness (QED) is 0.263. The van der Waals surface area contributed by atoms with Gasteiger partial charge in [-0.1, -0.05) is 0 Å². The molecule has 5 aromatic heterocycles. The second kappa shape index (κ2) is 10.2. The number of hydrogen-bond acceptors (Lipinski definition) is 9. The average Bonchev–Trinajstić information content (AvgIpc) is 3.39. The topological polar surface area (TPSA) is 116 Å². The SMILES string of the molecule is COc1ccncc1-c1cc2c(cnn2-c2cc(N3C[C@H](CS(C)(=O)=O)[C@H]3C)cc(-c3cccnc3F)n2)c(C)n1. The van der Waals surface area contributed by atoms with Crippen LogP contribution in [0.15, 0.2) is 61.2 Å². The molecule has 0 amide bonds. The summed E-state index contributed by atoms with van der Waals surface area (Å²) in [4.78, 5) is 19.7. The van der Waals surface area contributed by atoms with Crippen LogP contribution in [-0.2, 0) is 9.84 Å². The average molecular weight is 574 g/mol. The number of aromatic nitrogens is 6. The number of anilines is 1. The first kappa shape index (κ1) is 26.8. The summed E-state index contributed by atoms with van der Waals surface area (Å²) in [5.74, 6) is 0.595. The number of aryl methyl sites for hydroxylation is 1. The van der Waals surface area contributed by atoms with Gasteiger partial charge in [0.2, 0.25) is 5.95 Å². The summed E-state index contributed by atoms with van der Waals surface area (Å²) in [5.41, 5.74) is 4.36. The molecule has 0 aromatic carbocycles. The van der Waals surface area contributed by atoms with Gasteiger partial charge in [0.25, 0.3) is 0 Å². The molecule has 6 heterocycles. The number of fused-ring (bicyclic) bond motifs is 1. The van der Waals surface area contributed by atoms with E-state index >= 15 is 0 Å². The third-order valence-electron chi connectivity index (χ3n) is 7.54. The van der Waals surface area contributed by atoms with E-state index in [2.05, 4.69) is 20.0 Å². The zero-order valence-corrected chi connectivity index (χ0v) is 23.8. The molecular weight excluding hydrogens is 545 g/mol. The molecule has 0 aliphatic carbocycles. The molecule has 2 atom stereocenters. The number of sulfone groups is 1. The zero-order valence-electron chi connectivity index (χ0n) is 23.0. The summed E-state index contributed by atoms with van der Waals surface area (Å²) in [6.45, 7) is 4.46. The Morgan fingerprint density at radius 1 is 1.07 bits per heavy atom. The predicted molar refractivity (Wildman–Crippen MR) is 154 cm³/mol. The van der Waals surface area contributed by atoms with Crippen molar-refractivity contribution in [1.82, 2.24) is 29.7 Å². The van der Waals surface area contributed by atoms with Gasteiger partial charge < -0.3 is 9.64 Å². The number of halogens is 1. The number of methoxy groups -OCH3 is 1. The lowest BCUT2D eigenvalue weighted by atomic mass is 9.91. The molecular formula is C29H28FN7O3S. The molecule has 0 radical (unpaired) electrons. The number of rotatable bonds is 7. The van der Waals surface area contributed by atoms with Gasteiger partial charge in [-0.3, -0.25) is 9.97 Å². The van der Waals surface area contributed by atoms with Crippen LogP contribution in [-0.4, -0.2) is 69.8 Å². The van der Waals surface area contributed by atoms with Gasteiger partial charge in [0.1, 0.15) is 15.6 Å². The normalized spacial score (nSPS) is 17.0. The van der Waals surface area contributed by atoms with Gasteiger partial charge in [-0.25, -0.2) is 23.1 Å². The van der Waals surface area contributed by atoms with Crippen LogP contribution in [0.2, 0.25) is 0 Å². The monoisotopic (exact) mass is 573 g/mol. The molecule has 0 N–H and O–H groups in total. The van der Waals surface area contributed by atoms with E-state index in [-0.39, 0.29) is 23.3 Å². The summed E-state index contributed by atoms with van der Waals surface area (Å²) in [5, 5.41) is 5.48. The van der Waals surface area contributed by atoms with Crippen molar-refractivity contribution in [2.24, 2.45) is 5.92 Å². The van der Waals surface area contributed by atoms with E-state index < -0.39 is 15.8 Å². The van der Waals surface area contributed by atoms with Gasteiger partial charge in [0.05, 0.1) is 47.1 Å². The van der Waals surface area contributed by atoms with Crippen molar-refractivity contribution < 1.29 is 17.5 Å². The smallest absolute Gasteiger partial charge is 0.222 e. The maximum Gasteiger partial charge on any atom is 0.222 e. The molecule has 0 saturated carbocycles. The van der Waals surface area contributed by atoms with Crippen LogP contribution in [0.3, 0.4) is 0 Å². The van der Waals surface area contributed by atoms with Gasteiger partial charge in [-0.15, -0.1) is 0 Å². The molecule has 1 saturated heterocycles. The lowest BCUT2D eigenvalue weighted by Gasteiger charge is -2.48. The van der Waals surface area contributed by atoms with Gasteiger partial charge in [0, 0.05) is 66.2 Å². The highest BCUT2D eigenvalue weighted by Crippen LogP contribution is 2.36. The summed E-state index contributed by atoms with van der Waals surface area (Å²) in [6.07, 6.45) is 7.74. The van der Waals surface area contributed by atoms with Crippen LogP contribution in [0.4, 0.5) is 10.1 Å². The van der Waals surface area contributed by atoms with Crippen LogP contribution < -0.4 is 9.64 Å². The molecule has 1 fully saturated rings. The predicted octanol–water partition coefficient (Wildman–Crippen LogP) is 4.26. The Labute approximate surface area is 236 Å². The molecule has 0 unspecified atom stereocenters. The first-order valence-corrected chi connectivity index (χ1v) is 15.1. The maximum absolute atomic E-state index is 14.8. The lowest BCUT2D eigenvalue weighted by Crippen LogP contribution is -2.57. The van der Waals surface area contributed by atoms with E-state index in [1.165, 1.54) is 12.5 Å². The van der Waals surface area contributed by atoms with Crippen molar-refractivity contribution in [1.29, 1.82) is 0 Å². The molecule has 210 valence electrons. The minimum Gasteiger partial charge on any atom is -0.496 e. The van der Waals surface area contributed by atoms with Crippen molar-refractivity contribution in [2.45, 2.75) is 19.9 Å². The van der Waals surface area contributed by atoms with Gasteiger partial charge in [-0.2, -0.15) is 9.49 Å². The van der Waals surface area contributed by atoms with Crippen LogP contribution in [0.1, 0.15) is 12.6 Å². The van der Waals surface area contributed by atoms with E-state index in [1.54, 1.807) is 54.6 Å². The molecule has 10 nitrogen and oxygen atoms in total. The second-order valence-electron chi connectivity index (χ2n) is 10.3. The fourth-order valence-electron chi connectivity index (χ4n) is 5.35. The Balaban J connectivity index is 1.50. The lowest BCUT2D eigenvalue weighted by molar-refractivity contribution is 0.341. The molecule has 41 heavy (non-hydrogen) atoms. The summed E-state index contributed by atoms with van der Waals surface area (Å²) < 4.78 is 45.9. The van der Waals surface area contributed by atoms with E-state index in [4.69, 9.17) is 14.7 Å². The Morgan fingerprint density at radius 2 is 1.88 bits per heavy atom. The maximum atomic E-state index is 14.8. The second-order valence-corrected chi connectivity index (χ2v) is 12.5. The standard InChI is InChI=1S/C29H28FN7O3S/c1-17-22-14-33-37(26(22)12-25(34-17)23-13-31-9-7-27(23)40-3)28-11-20(36-15-19(18(36)2)16-41(4,38)39)10-24(35-28)21-6-5-8-32-29(21)30/h5-14,18-19H,15-16H2,1-4H3/t18-,19-/m1/s1. The van der Waals surface area contributed by atoms with Crippen LogP contribution in [0.5, 0.6) is 5.75 Å². The fourth-order valence-corrected chi connectivity index (χ4v) is 6.51. The van der Waals surface area contributed by atoms with Crippen molar-refractivity contribution in [2.75, 3.05) is 30.6 Å². The Bertz CT molecular complexity index is 1890. The molecule has 1 aliphatic rings. The zero-order chi connectivity index (χ0) is 28.9. The number of ether oxygens (including phenoxy) is 1. The molecule has 5 aromatic rings. The highest BCUT2D eigenvalue weighted by molar-refractivity contribution is 7.90. The Kier molecular flexibility index (Phi) is 6.65. The van der Waals surface area contributed by atoms with Crippen LogP contribution in [0, 0.1) is 18.8 Å². The summed E-state index contributed by atoms with van der Waals surface area (Å²) >= 11 is 0. The van der Waals surface area contributed by atoms with Crippen LogP contribution >= 0.6 is 0 Å². The number of pyridine rings is 4. The van der Waals surface area contributed by atoms with E-state index in [9.17, 15) is 12.8 Å². The highest BCUT2D eigenvalue weighted by atomic mass is 32.2. The van der Waals surface area contributed by atoms with E-state index in [0.29, 0.717) is 29.5 Å². The van der Waals surface area contributed by atoms with Crippen LogP contribution in [0.25, 0.3) is 39.2 Å². The van der Waals surface area contributed by atoms with Crippen molar-refractivity contribution >= 4 is 26.4 Å². The molecule has 0 spiro atoms. The van der Waals surface area contributed by atoms with E-state index in [1.807, 2.05) is 26.0 Å². The van der Waals surface area contributed by atoms with Crippen molar-refractivity contribution in [3.05, 3.63) is 72.8 Å².